The molecule has 1 saturated carbocycles. The standard InChI is InChI=1S/C24H28N8O5/c1-24(2,35)12-28-21(33)19-17(7-6-15(29-19)11-36-3)32-23(34)37-22-20(30-16-8-25-13-26-9-16)27-10-18(31-22)14-4-5-14/h6-10,13-14,35H,4-5,11-12H2,1-3H3,(H,27,30)(H,28,33)(H,32,34). The highest BCUT2D eigenvalue weighted by Crippen LogP contribution is 2.40. The fraction of sp³-hybridized carbons (Fsp3) is 0.375. The number of nitrogens with zero attached hydrogens (tertiary/aromatic N) is 5. The zero-order valence-corrected chi connectivity index (χ0v) is 20.7. The fourth-order valence-electron chi connectivity index (χ4n) is 3.22. The Kier molecular flexibility index (Phi) is 7.84. The minimum atomic E-state index is -1.13. The van der Waals surface area contributed by atoms with Crippen molar-refractivity contribution >= 4 is 29.2 Å². The van der Waals surface area contributed by atoms with Crippen molar-refractivity contribution in [3.8, 4) is 5.88 Å². The molecule has 3 heterocycles. The Morgan fingerprint density at radius 1 is 1.14 bits per heavy atom. The molecule has 3 aromatic heterocycles. The van der Waals surface area contributed by atoms with E-state index in [-0.39, 0.29) is 42.1 Å². The molecule has 37 heavy (non-hydrogen) atoms. The summed E-state index contributed by atoms with van der Waals surface area (Å²) < 4.78 is 10.6. The van der Waals surface area contributed by atoms with E-state index in [4.69, 9.17) is 9.47 Å². The topological polar surface area (TPSA) is 173 Å². The van der Waals surface area contributed by atoms with Crippen molar-refractivity contribution in [2.75, 3.05) is 24.3 Å². The minimum Gasteiger partial charge on any atom is -0.389 e. The van der Waals surface area contributed by atoms with Crippen molar-refractivity contribution in [3.05, 3.63) is 54.1 Å². The summed E-state index contributed by atoms with van der Waals surface area (Å²) in [6, 6.07) is 3.14. The first-order valence-corrected chi connectivity index (χ1v) is 11.6. The number of amides is 2. The fourth-order valence-corrected chi connectivity index (χ4v) is 3.22. The predicted molar refractivity (Wildman–Crippen MR) is 133 cm³/mol. The molecule has 1 aliphatic carbocycles. The summed E-state index contributed by atoms with van der Waals surface area (Å²) in [5.41, 5.74) is 0.642. The summed E-state index contributed by atoms with van der Waals surface area (Å²) in [5.74, 6) is -0.151. The lowest BCUT2D eigenvalue weighted by Gasteiger charge is -2.18. The van der Waals surface area contributed by atoms with Crippen LogP contribution in [0.2, 0.25) is 0 Å². The number of carbonyl (C=O) groups is 2. The summed E-state index contributed by atoms with van der Waals surface area (Å²) in [6.07, 6.45) is 7.19. The smallest absolute Gasteiger partial charge is 0.389 e. The summed E-state index contributed by atoms with van der Waals surface area (Å²) >= 11 is 0. The van der Waals surface area contributed by atoms with Crippen molar-refractivity contribution in [2.45, 2.75) is 44.8 Å². The van der Waals surface area contributed by atoms with Gasteiger partial charge in [0.25, 0.3) is 11.8 Å². The van der Waals surface area contributed by atoms with Gasteiger partial charge in [-0.3, -0.25) is 10.1 Å². The van der Waals surface area contributed by atoms with Crippen LogP contribution in [0.4, 0.5) is 22.0 Å². The maximum atomic E-state index is 12.9. The molecule has 13 heteroatoms. The van der Waals surface area contributed by atoms with Gasteiger partial charge in [0.1, 0.15) is 6.33 Å². The van der Waals surface area contributed by atoms with E-state index in [2.05, 4.69) is 40.9 Å². The molecule has 4 N–H and O–H groups in total. The van der Waals surface area contributed by atoms with E-state index in [0.29, 0.717) is 11.4 Å². The zero-order valence-electron chi connectivity index (χ0n) is 20.7. The van der Waals surface area contributed by atoms with Gasteiger partial charge in [-0.1, -0.05) is 0 Å². The number of hydrogen-bond donors (Lipinski definition) is 4. The molecule has 0 radical (unpaired) electrons. The molecule has 1 aliphatic rings. The second-order valence-electron chi connectivity index (χ2n) is 9.12. The molecule has 0 aliphatic heterocycles. The Morgan fingerprint density at radius 3 is 2.57 bits per heavy atom. The van der Waals surface area contributed by atoms with Gasteiger partial charge in [-0.2, -0.15) is 0 Å². The minimum absolute atomic E-state index is 0.0202. The number of hydrogen-bond acceptors (Lipinski definition) is 11. The molecule has 0 atom stereocenters. The van der Waals surface area contributed by atoms with Crippen molar-refractivity contribution in [1.82, 2.24) is 30.2 Å². The highest BCUT2D eigenvalue weighted by molar-refractivity contribution is 6.01. The molecular weight excluding hydrogens is 480 g/mol. The van der Waals surface area contributed by atoms with Gasteiger partial charge >= 0.3 is 6.09 Å². The van der Waals surface area contributed by atoms with E-state index in [1.165, 1.54) is 19.5 Å². The Bertz CT molecular complexity index is 1260. The lowest BCUT2D eigenvalue weighted by molar-refractivity contribution is 0.0692. The van der Waals surface area contributed by atoms with Crippen LogP contribution in [0.5, 0.6) is 5.88 Å². The monoisotopic (exact) mass is 508 g/mol. The predicted octanol–water partition coefficient (Wildman–Crippen LogP) is 2.54. The van der Waals surface area contributed by atoms with Crippen molar-refractivity contribution in [2.24, 2.45) is 0 Å². The van der Waals surface area contributed by atoms with E-state index < -0.39 is 17.6 Å². The van der Waals surface area contributed by atoms with Gasteiger partial charge in [-0.15, -0.1) is 0 Å². The first-order chi connectivity index (χ1) is 17.7. The molecule has 3 aromatic rings. The summed E-state index contributed by atoms with van der Waals surface area (Å²) in [4.78, 5) is 46.8. The Morgan fingerprint density at radius 2 is 1.89 bits per heavy atom. The lowest BCUT2D eigenvalue weighted by atomic mass is 10.1. The second kappa shape index (κ2) is 11.2. The maximum absolute atomic E-state index is 12.9. The van der Waals surface area contributed by atoms with Gasteiger partial charge < -0.3 is 25.2 Å². The molecule has 13 nitrogen and oxygen atoms in total. The Balaban J connectivity index is 1.55. The normalized spacial score (nSPS) is 13.1. The van der Waals surface area contributed by atoms with Crippen LogP contribution in [0.25, 0.3) is 0 Å². The average molecular weight is 509 g/mol. The van der Waals surface area contributed by atoms with Crippen LogP contribution < -0.4 is 20.7 Å². The quantitative estimate of drug-likeness (QED) is 0.317. The molecule has 0 aromatic carbocycles. The molecule has 194 valence electrons. The number of ether oxygens (including phenoxy) is 2. The van der Waals surface area contributed by atoms with E-state index >= 15 is 0 Å². The van der Waals surface area contributed by atoms with E-state index in [0.717, 1.165) is 18.5 Å². The average Bonchev–Trinajstić information content (AvgIpc) is 3.70. The zero-order chi connectivity index (χ0) is 26.4. The lowest BCUT2D eigenvalue weighted by Crippen LogP contribution is -2.39. The largest absolute Gasteiger partial charge is 0.418 e. The van der Waals surface area contributed by atoms with E-state index in [1.807, 2.05) is 0 Å². The van der Waals surface area contributed by atoms with Crippen LogP contribution in [0.15, 0.2) is 37.1 Å². The van der Waals surface area contributed by atoms with Crippen molar-refractivity contribution < 1.29 is 24.2 Å². The molecule has 1 fully saturated rings. The van der Waals surface area contributed by atoms with Crippen LogP contribution in [0, 0.1) is 0 Å². The number of anilines is 3. The van der Waals surface area contributed by atoms with Gasteiger partial charge in [0.2, 0.25) is 0 Å². The van der Waals surface area contributed by atoms with Gasteiger partial charge in [0.15, 0.2) is 11.5 Å². The van der Waals surface area contributed by atoms with Crippen LogP contribution >= 0.6 is 0 Å². The summed E-state index contributed by atoms with van der Waals surface area (Å²) in [7, 11) is 1.50. The van der Waals surface area contributed by atoms with Gasteiger partial charge in [-0.05, 0) is 38.8 Å². The molecule has 0 unspecified atom stereocenters. The van der Waals surface area contributed by atoms with Crippen molar-refractivity contribution in [3.63, 3.8) is 0 Å². The van der Waals surface area contributed by atoms with Crippen LogP contribution in [0.3, 0.4) is 0 Å². The summed E-state index contributed by atoms with van der Waals surface area (Å²) in [6.45, 7) is 3.26. The molecule has 2 amide bonds. The summed E-state index contributed by atoms with van der Waals surface area (Å²) in [5, 5.41) is 18.1. The first-order valence-electron chi connectivity index (χ1n) is 11.6. The highest BCUT2D eigenvalue weighted by Gasteiger charge is 2.27. The Hall–Kier alpha value is -4.23. The number of nitrogens with one attached hydrogen (secondary N) is 3. The number of aliphatic hydroxyl groups is 1. The van der Waals surface area contributed by atoms with Gasteiger partial charge in [-0.25, -0.2) is 29.7 Å². The number of aromatic nitrogens is 5. The second-order valence-corrected chi connectivity index (χ2v) is 9.12. The van der Waals surface area contributed by atoms with Gasteiger partial charge in [0, 0.05) is 19.6 Å². The third kappa shape index (κ3) is 7.38. The SMILES string of the molecule is COCc1ccc(NC(=O)Oc2nc(C3CC3)cnc2Nc2cncnc2)c(C(=O)NCC(C)(C)O)n1. The van der Waals surface area contributed by atoms with Crippen LogP contribution in [-0.2, 0) is 11.3 Å². The number of pyridine rings is 1. The molecule has 4 rings (SSSR count). The molecule has 0 spiro atoms. The van der Waals surface area contributed by atoms with Gasteiger partial charge in [0.05, 0.1) is 53.6 Å². The Labute approximate surface area is 213 Å². The molecule has 0 bridgehead atoms. The van der Waals surface area contributed by atoms with Crippen LogP contribution in [-0.4, -0.2) is 61.3 Å². The van der Waals surface area contributed by atoms with Crippen LogP contribution in [0.1, 0.15) is 54.5 Å². The number of rotatable bonds is 10. The van der Waals surface area contributed by atoms with E-state index in [9.17, 15) is 14.7 Å². The maximum Gasteiger partial charge on any atom is 0.418 e. The molecular formula is C24H28N8O5. The third-order valence-corrected chi connectivity index (χ3v) is 5.15. The third-order valence-electron chi connectivity index (χ3n) is 5.15. The van der Waals surface area contributed by atoms with Crippen molar-refractivity contribution in [1.29, 1.82) is 0 Å². The number of methoxy groups -OCH3 is 1. The molecule has 0 saturated heterocycles. The van der Waals surface area contributed by atoms with E-state index in [1.54, 1.807) is 38.5 Å². The first kappa shape index (κ1) is 25.9. The number of carbonyl (C=O) groups excluding carboxylic acids is 2. The highest BCUT2D eigenvalue weighted by atomic mass is 16.6.